The van der Waals surface area contributed by atoms with Crippen molar-refractivity contribution in [3.8, 4) is 11.3 Å². The Kier molecular flexibility index (Phi) is 5.17. The summed E-state index contributed by atoms with van der Waals surface area (Å²) in [6.45, 7) is 6.95. The van der Waals surface area contributed by atoms with E-state index in [2.05, 4.69) is 23.3 Å². The van der Waals surface area contributed by atoms with Crippen LogP contribution >= 0.6 is 11.3 Å². The molecule has 0 bridgehead atoms. The van der Waals surface area contributed by atoms with Gasteiger partial charge in [-0.1, -0.05) is 19.8 Å². The molecule has 0 saturated carbocycles. The molecule has 2 heterocycles. The summed E-state index contributed by atoms with van der Waals surface area (Å²) in [4.78, 5) is 17.3. The van der Waals surface area contributed by atoms with Gasteiger partial charge in [-0.15, -0.1) is 11.3 Å². The summed E-state index contributed by atoms with van der Waals surface area (Å²) in [6.07, 6.45) is 3.35. The highest BCUT2D eigenvalue weighted by atomic mass is 32.1. The van der Waals surface area contributed by atoms with Gasteiger partial charge in [0.15, 0.2) is 5.13 Å². The number of rotatable bonds is 6. The number of hydrogen-bond acceptors (Lipinski definition) is 4. The number of thiazole rings is 1. The second-order valence-electron chi connectivity index (χ2n) is 5.30. The van der Waals surface area contributed by atoms with E-state index in [1.54, 1.807) is 0 Å². The van der Waals surface area contributed by atoms with Crippen LogP contribution in [0.3, 0.4) is 0 Å². The van der Waals surface area contributed by atoms with Gasteiger partial charge in [0.2, 0.25) is 0 Å². The van der Waals surface area contributed by atoms with Crippen LogP contribution in [0, 0.1) is 13.8 Å². The molecule has 0 spiro atoms. The van der Waals surface area contributed by atoms with Crippen molar-refractivity contribution in [1.29, 1.82) is 0 Å². The smallest absolute Gasteiger partial charge is 0.260 e. The zero-order valence-corrected chi connectivity index (χ0v) is 14.0. The van der Waals surface area contributed by atoms with Crippen molar-refractivity contribution >= 4 is 16.5 Å². The number of aryl methyl sites for hydroxylation is 2. The summed E-state index contributed by atoms with van der Waals surface area (Å²) >= 11 is 1.52. The third-order valence-electron chi connectivity index (χ3n) is 3.66. The Morgan fingerprint density at radius 1 is 1.33 bits per heavy atom. The minimum Gasteiger partial charge on any atom is -0.365 e. The zero-order chi connectivity index (χ0) is 15.4. The van der Waals surface area contributed by atoms with E-state index in [4.69, 9.17) is 0 Å². The number of nitrogens with zero attached hydrogens (tertiary/aromatic N) is 2. The highest BCUT2D eigenvalue weighted by Crippen LogP contribution is 2.25. The topological polar surface area (TPSA) is 46.9 Å². The third kappa shape index (κ3) is 3.35. The molecule has 2 rings (SSSR count). The van der Waals surface area contributed by atoms with Gasteiger partial charge in [0.25, 0.3) is 5.56 Å². The van der Waals surface area contributed by atoms with E-state index < -0.39 is 0 Å². The molecule has 0 aliphatic rings. The van der Waals surface area contributed by atoms with E-state index in [1.165, 1.54) is 11.3 Å². The standard InChI is InChI=1S/C16H23N3OS/c1-5-6-7-8-19-12(3)9-11(2)14(15(19)20)13-10-21-16(17-4)18-13/h9-10H,5-8H2,1-4H3,(H,17,18). The maximum Gasteiger partial charge on any atom is 0.260 e. The fraction of sp³-hybridized carbons (Fsp3) is 0.500. The Morgan fingerprint density at radius 3 is 2.71 bits per heavy atom. The molecule has 0 aliphatic carbocycles. The zero-order valence-electron chi connectivity index (χ0n) is 13.2. The molecule has 2 aromatic heterocycles. The monoisotopic (exact) mass is 305 g/mol. The molecule has 4 nitrogen and oxygen atoms in total. The van der Waals surface area contributed by atoms with Gasteiger partial charge >= 0.3 is 0 Å². The number of unbranched alkanes of at least 4 members (excludes halogenated alkanes) is 2. The maximum absolute atomic E-state index is 12.8. The minimum absolute atomic E-state index is 0.0801. The molecule has 0 aliphatic heterocycles. The van der Waals surface area contributed by atoms with Gasteiger partial charge in [0, 0.05) is 24.7 Å². The first-order valence-electron chi connectivity index (χ1n) is 7.43. The van der Waals surface area contributed by atoms with Crippen LogP contribution in [0.5, 0.6) is 0 Å². The van der Waals surface area contributed by atoms with E-state index in [1.807, 2.05) is 30.8 Å². The van der Waals surface area contributed by atoms with Crippen molar-refractivity contribution in [1.82, 2.24) is 9.55 Å². The summed E-state index contributed by atoms with van der Waals surface area (Å²) in [5, 5.41) is 5.80. The average molecular weight is 305 g/mol. The third-order valence-corrected chi connectivity index (χ3v) is 4.52. The van der Waals surface area contributed by atoms with Gasteiger partial charge in [-0.05, 0) is 31.9 Å². The van der Waals surface area contributed by atoms with Crippen LogP contribution in [0.2, 0.25) is 0 Å². The summed E-state index contributed by atoms with van der Waals surface area (Å²) in [5.74, 6) is 0. The molecular weight excluding hydrogens is 282 g/mol. The Labute approximate surface area is 129 Å². The van der Waals surface area contributed by atoms with Crippen LogP contribution in [0.4, 0.5) is 5.13 Å². The molecule has 0 saturated heterocycles. The molecule has 1 N–H and O–H groups in total. The Morgan fingerprint density at radius 2 is 2.10 bits per heavy atom. The van der Waals surface area contributed by atoms with E-state index in [-0.39, 0.29) is 5.56 Å². The highest BCUT2D eigenvalue weighted by Gasteiger charge is 2.15. The molecular formula is C16H23N3OS. The fourth-order valence-corrected chi connectivity index (χ4v) is 3.20. The first kappa shape index (κ1) is 15.8. The van der Waals surface area contributed by atoms with Crippen molar-refractivity contribution in [3.05, 3.63) is 33.1 Å². The Hall–Kier alpha value is -1.62. The summed E-state index contributed by atoms with van der Waals surface area (Å²) in [6, 6.07) is 2.08. The van der Waals surface area contributed by atoms with Crippen LogP contribution in [0.1, 0.15) is 37.4 Å². The molecule has 0 fully saturated rings. The lowest BCUT2D eigenvalue weighted by molar-refractivity contribution is 0.576. The van der Waals surface area contributed by atoms with Crippen LogP contribution < -0.4 is 10.9 Å². The van der Waals surface area contributed by atoms with Crippen molar-refractivity contribution in [2.75, 3.05) is 12.4 Å². The van der Waals surface area contributed by atoms with E-state index >= 15 is 0 Å². The predicted molar refractivity (Wildman–Crippen MR) is 90.4 cm³/mol. The first-order valence-corrected chi connectivity index (χ1v) is 8.31. The predicted octanol–water partition coefficient (Wildman–Crippen LogP) is 3.82. The second-order valence-corrected chi connectivity index (χ2v) is 6.15. The average Bonchev–Trinajstić information content (AvgIpc) is 2.91. The van der Waals surface area contributed by atoms with Gasteiger partial charge in [0.05, 0.1) is 11.3 Å². The molecule has 0 unspecified atom stereocenters. The highest BCUT2D eigenvalue weighted by molar-refractivity contribution is 7.14. The van der Waals surface area contributed by atoms with Crippen LogP contribution in [0.25, 0.3) is 11.3 Å². The largest absolute Gasteiger partial charge is 0.365 e. The Balaban J connectivity index is 2.45. The van der Waals surface area contributed by atoms with Crippen LogP contribution in [-0.2, 0) is 6.54 Å². The van der Waals surface area contributed by atoms with Crippen molar-refractivity contribution in [2.45, 2.75) is 46.6 Å². The van der Waals surface area contributed by atoms with Gasteiger partial charge in [-0.2, -0.15) is 0 Å². The summed E-state index contributed by atoms with van der Waals surface area (Å²) in [7, 11) is 1.84. The van der Waals surface area contributed by atoms with Crippen molar-refractivity contribution < 1.29 is 0 Å². The lowest BCUT2D eigenvalue weighted by Crippen LogP contribution is -2.25. The van der Waals surface area contributed by atoms with E-state index in [0.717, 1.165) is 53.5 Å². The van der Waals surface area contributed by atoms with E-state index in [9.17, 15) is 4.79 Å². The number of anilines is 1. The Bertz CT molecular complexity index is 673. The van der Waals surface area contributed by atoms with Crippen LogP contribution in [-0.4, -0.2) is 16.6 Å². The number of hydrogen-bond donors (Lipinski definition) is 1. The molecule has 0 radical (unpaired) electrons. The molecule has 114 valence electrons. The lowest BCUT2D eigenvalue weighted by Gasteiger charge is -2.13. The minimum atomic E-state index is 0.0801. The SMILES string of the molecule is CCCCCn1c(C)cc(C)c(-c2csc(NC)n2)c1=O. The summed E-state index contributed by atoms with van der Waals surface area (Å²) in [5.41, 5.74) is 3.61. The second kappa shape index (κ2) is 6.89. The number of nitrogens with one attached hydrogen (secondary N) is 1. The van der Waals surface area contributed by atoms with Gasteiger partial charge in [-0.3, -0.25) is 4.79 Å². The molecule has 0 atom stereocenters. The number of pyridine rings is 1. The maximum atomic E-state index is 12.8. The number of aromatic nitrogens is 2. The van der Waals surface area contributed by atoms with E-state index in [0.29, 0.717) is 0 Å². The quantitative estimate of drug-likeness (QED) is 0.825. The first-order chi connectivity index (χ1) is 10.1. The molecule has 0 amide bonds. The summed E-state index contributed by atoms with van der Waals surface area (Å²) < 4.78 is 1.89. The fourth-order valence-electron chi connectivity index (χ4n) is 2.54. The molecule has 2 aromatic rings. The van der Waals surface area contributed by atoms with Gasteiger partial charge < -0.3 is 9.88 Å². The van der Waals surface area contributed by atoms with Gasteiger partial charge in [-0.25, -0.2) is 4.98 Å². The van der Waals surface area contributed by atoms with Crippen molar-refractivity contribution in [2.24, 2.45) is 0 Å². The normalized spacial score (nSPS) is 10.9. The molecule has 0 aromatic carbocycles. The van der Waals surface area contributed by atoms with Crippen LogP contribution in [0.15, 0.2) is 16.2 Å². The molecule has 21 heavy (non-hydrogen) atoms. The van der Waals surface area contributed by atoms with Crippen molar-refractivity contribution in [3.63, 3.8) is 0 Å². The lowest BCUT2D eigenvalue weighted by atomic mass is 10.1. The molecule has 5 heteroatoms. The van der Waals surface area contributed by atoms with Gasteiger partial charge in [0.1, 0.15) is 0 Å².